The van der Waals surface area contributed by atoms with Crippen LogP contribution >= 0.6 is 15.9 Å². The van der Waals surface area contributed by atoms with Gasteiger partial charge in [-0.3, -0.25) is 4.79 Å². The summed E-state index contributed by atoms with van der Waals surface area (Å²) in [5.41, 5.74) is 0.696. The van der Waals surface area contributed by atoms with E-state index in [0.29, 0.717) is 24.6 Å². The molecule has 0 atom stereocenters. The number of nitrogens with zero attached hydrogens (tertiary/aromatic N) is 3. The monoisotopic (exact) mass is 332 g/mol. The molecule has 20 heavy (non-hydrogen) atoms. The van der Waals surface area contributed by atoms with E-state index < -0.39 is 0 Å². The minimum Gasteiger partial charge on any atom is -0.348 e. The lowest BCUT2D eigenvalue weighted by molar-refractivity contribution is 0.0623. The van der Waals surface area contributed by atoms with Gasteiger partial charge in [-0.25, -0.2) is 9.97 Å². The van der Waals surface area contributed by atoms with Crippen LogP contribution in [0, 0.1) is 0 Å². The molecule has 0 radical (unpaired) electrons. The van der Waals surface area contributed by atoms with E-state index in [9.17, 15) is 4.79 Å². The zero-order valence-corrected chi connectivity index (χ0v) is 12.2. The van der Waals surface area contributed by atoms with Crippen molar-refractivity contribution >= 4 is 27.8 Å². The summed E-state index contributed by atoms with van der Waals surface area (Å²) in [7, 11) is 0. The number of carbonyl (C=O) groups excluding carboxylic acids is 1. The van der Waals surface area contributed by atoms with Crippen LogP contribution in [-0.2, 0) is 0 Å². The largest absolute Gasteiger partial charge is 0.348 e. The molecule has 0 spiro atoms. The van der Waals surface area contributed by atoms with Crippen LogP contribution in [0.25, 0.3) is 0 Å². The summed E-state index contributed by atoms with van der Waals surface area (Å²) in [5.74, 6) is 0.648. The van der Waals surface area contributed by atoms with E-state index in [4.69, 9.17) is 0 Å². The fraction of sp³-hybridized carbons (Fsp3) is 0.214. The Morgan fingerprint density at radius 1 is 1.20 bits per heavy atom. The lowest BCUT2D eigenvalue weighted by atomic mass is 10.1. The zero-order valence-electron chi connectivity index (χ0n) is 10.7. The zero-order chi connectivity index (χ0) is 13.9. The Bertz CT molecular complexity index is 614. The molecule has 5 nitrogen and oxygen atoms in total. The van der Waals surface area contributed by atoms with Crippen molar-refractivity contribution in [3.05, 3.63) is 52.8 Å². The molecule has 3 rings (SSSR count). The normalized spacial score (nSPS) is 14.8. The van der Waals surface area contributed by atoms with E-state index in [-0.39, 0.29) is 11.9 Å². The maximum absolute atomic E-state index is 12.3. The highest BCUT2D eigenvalue weighted by Crippen LogP contribution is 2.21. The number of carbonyl (C=O) groups is 1. The molecule has 2 heterocycles. The van der Waals surface area contributed by atoms with Crippen LogP contribution in [0.4, 0.5) is 5.95 Å². The molecule has 0 aliphatic carbocycles. The molecular weight excluding hydrogens is 320 g/mol. The average molecular weight is 333 g/mol. The lowest BCUT2D eigenvalue weighted by Gasteiger charge is -2.39. The molecule has 0 bridgehead atoms. The molecule has 1 aromatic carbocycles. The number of benzene rings is 1. The highest BCUT2D eigenvalue weighted by atomic mass is 79.9. The first-order valence-electron chi connectivity index (χ1n) is 6.31. The Labute approximate surface area is 125 Å². The van der Waals surface area contributed by atoms with E-state index in [1.807, 2.05) is 24.3 Å². The molecule has 1 saturated heterocycles. The molecule has 1 amide bonds. The number of nitrogens with one attached hydrogen (secondary N) is 1. The molecule has 102 valence electrons. The van der Waals surface area contributed by atoms with E-state index in [2.05, 4.69) is 31.2 Å². The fourth-order valence-electron chi connectivity index (χ4n) is 2.10. The van der Waals surface area contributed by atoms with Gasteiger partial charge in [-0.1, -0.05) is 12.1 Å². The van der Waals surface area contributed by atoms with E-state index in [1.165, 1.54) is 0 Å². The van der Waals surface area contributed by atoms with Crippen molar-refractivity contribution in [2.75, 3.05) is 18.4 Å². The molecule has 1 aliphatic rings. The van der Waals surface area contributed by atoms with E-state index in [0.717, 1.165) is 4.47 Å². The molecule has 2 aromatic rings. The lowest BCUT2D eigenvalue weighted by Crippen LogP contribution is -2.57. The second-order valence-corrected chi connectivity index (χ2v) is 5.46. The van der Waals surface area contributed by atoms with Crippen LogP contribution in [0.5, 0.6) is 0 Å². The molecule has 1 fully saturated rings. The highest BCUT2D eigenvalue weighted by molar-refractivity contribution is 9.10. The number of aromatic nitrogens is 2. The minimum atomic E-state index is 0.0458. The maximum Gasteiger partial charge on any atom is 0.255 e. The van der Waals surface area contributed by atoms with Crippen molar-refractivity contribution in [1.82, 2.24) is 14.9 Å². The molecule has 0 unspecified atom stereocenters. The minimum absolute atomic E-state index is 0.0458. The van der Waals surface area contributed by atoms with Crippen molar-refractivity contribution in [2.45, 2.75) is 6.04 Å². The molecule has 1 aliphatic heterocycles. The van der Waals surface area contributed by atoms with E-state index >= 15 is 0 Å². The molecule has 6 heteroatoms. The predicted octanol–water partition coefficient (Wildman–Crippen LogP) is 2.18. The summed E-state index contributed by atoms with van der Waals surface area (Å²) in [4.78, 5) is 22.3. The number of hydrogen-bond donors (Lipinski definition) is 1. The van der Waals surface area contributed by atoms with Gasteiger partial charge in [0.15, 0.2) is 0 Å². The second kappa shape index (κ2) is 5.58. The van der Waals surface area contributed by atoms with Gasteiger partial charge in [0.1, 0.15) is 0 Å². The third-order valence-electron chi connectivity index (χ3n) is 3.17. The topological polar surface area (TPSA) is 58.1 Å². The first-order valence-corrected chi connectivity index (χ1v) is 7.10. The van der Waals surface area contributed by atoms with Gasteiger partial charge in [-0.15, -0.1) is 0 Å². The Morgan fingerprint density at radius 3 is 2.60 bits per heavy atom. The number of amides is 1. The first-order chi connectivity index (χ1) is 9.74. The average Bonchev–Trinajstić information content (AvgIpc) is 2.43. The van der Waals surface area contributed by atoms with Gasteiger partial charge in [-0.05, 0) is 34.1 Å². The van der Waals surface area contributed by atoms with Gasteiger partial charge < -0.3 is 10.2 Å². The quantitative estimate of drug-likeness (QED) is 0.935. The Morgan fingerprint density at radius 2 is 1.90 bits per heavy atom. The summed E-state index contributed by atoms with van der Waals surface area (Å²) in [5, 5.41) is 3.20. The van der Waals surface area contributed by atoms with Gasteiger partial charge in [0, 0.05) is 30.0 Å². The van der Waals surface area contributed by atoms with Crippen molar-refractivity contribution in [3.63, 3.8) is 0 Å². The van der Waals surface area contributed by atoms with Crippen LogP contribution in [0.2, 0.25) is 0 Å². The molecular formula is C14H13BrN4O. The summed E-state index contributed by atoms with van der Waals surface area (Å²) < 4.78 is 0.827. The molecule has 0 saturated carbocycles. The van der Waals surface area contributed by atoms with Gasteiger partial charge in [0.2, 0.25) is 5.95 Å². The predicted molar refractivity (Wildman–Crippen MR) is 79.5 cm³/mol. The summed E-state index contributed by atoms with van der Waals surface area (Å²) in [6.45, 7) is 1.33. The highest BCUT2D eigenvalue weighted by Gasteiger charge is 2.32. The van der Waals surface area contributed by atoms with Gasteiger partial charge in [0.05, 0.1) is 11.6 Å². The van der Waals surface area contributed by atoms with Crippen LogP contribution < -0.4 is 5.32 Å². The maximum atomic E-state index is 12.3. The number of halogens is 1. The van der Waals surface area contributed by atoms with Crippen molar-refractivity contribution in [3.8, 4) is 0 Å². The van der Waals surface area contributed by atoms with Crippen LogP contribution in [0.3, 0.4) is 0 Å². The van der Waals surface area contributed by atoms with Crippen LogP contribution in [0.1, 0.15) is 10.4 Å². The molecule has 1 aromatic heterocycles. The first kappa shape index (κ1) is 13.1. The number of hydrogen-bond acceptors (Lipinski definition) is 4. The van der Waals surface area contributed by atoms with Gasteiger partial charge in [-0.2, -0.15) is 0 Å². The second-order valence-electron chi connectivity index (χ2n) is 4.60. The molecule has 1 N–H and O–H groups in total. The van der Waals surface area contributed by atoms with E-state index in [1.54, 1.807) is 23.4 Å². The van der Waals surface area contributed by atoms with Gasteiger partial charge >= 0.3 is 0 Å². The smallest absolute Gasteiger partial charge is 0.255 e. The third kappa shape index (κ3) is 2.65. The summed E-state index contributed by atoms with van der Waals surface area (Å²) in [6, 6.07) is 9.45. The third-order valence-corrected chi connectivity index (χ3v) is 3.86. The summed E-state index contributed by atoms with van der Waals surface area (Å²) >= 11 is 3.40. The fourth-order valence-corrected chi connectivity index (χ4v) is 2.55. The van der Waals surface area contributed by atoms with Gasteiger partial charge in [0.25, 0.3) is 5.91 Å². The Balaban J connectivity index is 1.58. The summed E-state index contributed by atoms with van der Waals surface area (Å²) in [6.07, 6.45) is 3.38. The SMILES string of the molecule is O=C(c1ccccc1Br)N1CC(Nc2ncccn2)C1. The standard InChI is InChI=1S/C14H13BrN4O/c15-12-5-2-1-4-11(12)13(20)19-8-10(9-19)18-14-16-6-3-7-17-14/h1-7,10H,8-9H2,(H,16,17,18). The number of likely N-dealkylation sites (tertiary alicyclic amines) is 1. The number of anilines is 1. The Kier molecular flexibility index (Phi) is 3.64. The van der Waals surface area contributed by atoms with Crippen LogP contribution in [-0.4, -0.2) is 39.9 Å². The van der Waals surface area contributed by atoms with Crippen molar-refractivity contribution < 1.29 is 4.79 Å². The van der Waals surface area contributed by atoms with Crippen molar-refractivity contribution in [1.29, 1.82) is 0 Å². The van der Waals surface area contributed by atoms with Crippen molar-refractivity contribution in [2.24, 2.45) is 0 Å². The Hall–Kier alpha value is -1.95. The van der Waals surface area contributed by atoms with Crippen LogP contribution in [0.15, 0.2) is 47.2 Å². The number of rotatable bonds is 3.